The Labute approximate surface area is 121 Å². The lowest BCUT2D eigenvalue weighted by molar-refractivity contribution is -0.385. The minimum atomic E-state index is -0.448. The van der Waals surface area contributed by atoms with E-state index in [9.17, 15) is 14.9 Å². The molecule has 0 saturated heterocycles. The number of nitrogen functional groups attached to an aromatic ring is 1. The first kappa shape index (κ1) is 14.5. The van der Waals surface area contributed by atoms with Crippen molar-refractivity contribution < 1.29 is 9.72 Å². The molecule has 2 aromatic rings. The van der Waals surface area contributed by atoms with Crippen LogP contribution in [0.4, 0.5) is 11.4 Å². The van der Waals surface area contributed by atoms with E-state index in [-0.39, 0.29) is 18.1 Å². The van der Waals surface area contributed by atoms with Crippen molar-refractivity contribution in [1.29, 1.82) is 0 Å². The van der Waals surface area contributed by atoms with Crippen LogP contribution in [0.1, 0.15) is 15.9 Å². The summed E-state index contributed by atoms with van der Waals surface area (Å²) in [5.74, 6) is -0.215. The van der Waals surface area contributed by atoms with Gasteiger partial charge >= 0.3 is 0 Å². The fraction of sp³-hybridized carbons (Fsp3) is 0.133. The van der Waals surface area contributed by atoms with Gasteiger partial charge in [-0.15, -0.1) is 0 Å². The van der Waals surface area contributed by atoms with E-state index in [2.05, 4.69) is 0 Å². The highest BCUT2D eigenvalue weighted by molar-refractivity contribution is 5.94. The van der Waals surface area contributed by atoms with Crippen LogP contribution < -0.4 is 5.73 Å². The summed E-state index contributed by atoms with van der Waals surface area (Å²) in [6.07, 6.45) is 0. The highest BCUT2D eigenvalue weighted by Crippen LogP contribution is 2.20. The third kappa shape index (κ3) is 3.36. The second-order valence-electron chi connectivity index (χ2n) is 4.67. The Morgan fingerprint density at radius 3 is 2.43 bits per heavy atom. The van der Waals surface area contributed by atoms with E-state index in [0.717, 1.165) is 0 Å². The van der Waals surface area contributed by atoms with Gasteiger partial charge in [0.05, 0.1) is 11.5 Å². The average Bonchev–Trinajstić information content (AvgIpc) is 2.47. The summed E-state index contributed by atoms with van der Waals surface area (Å²) in [6.45, 7) is 0.167. The van der Waals surface area contributed by atoms with Crippen LogP contribution in [0.25, 0.3) is 0 Å². The maximum absolute atomic E-state index is 12.3. The second kappa shape index (κ2) is 6.04. The Bertz CT molecular complexity index is 668. The van der Waals surface area contributed by atoms with Crippen molar-refractivity contribution in [3.8, 4) is 0 Å². The maximum atomic E-state index is 12.3. The van der Waals surface area contributed by atoms with E-state index in [0.29, 0.717) is 16.8 Å². The average molecular weight is 285 g/mol. The second-order valence-corrected chi connectivity index (χ2v) is 4.67. The van der Waals surface area contributed by atoms with E-state index < -0.39 is 4.92 Å². The summed E-state index contributed by atoms with van der Waals surface area (Å²) in [7, 11) is 1.61. The quantitative estimate of drug-likeness (QED) is 0.531. The summed E-state index contributed by atoms with van der Waals surface area (Å²) in [5.41, 5.74) is 7.15. The smallest absolute Gasteiger partial charge is 0.274 e. The summed E-state index contributed by atoms with van der Waals surface area (Å²) < 4.78 is 0. The first-order valence-corrected chi connectivity index (χ1v) is 6.32. The van der Waals surface area contributed by atoms with E-state index in [1.807, 2.05) is 0 Å². The SMILES string of the molecule is CN(Cc1ccccc1[N+](=O)[O-])C(=O)c1ccc(N)cc1. The molecule has 108 valence electrons. The number of anilines is 1. The first-order valence-electron chi connectivity index (χ1n) is 6.32. The van der Waals surface area contributed by atoms with Gasteiger partial charge in [0.1, 0.15) is 0 Å². The van der Waals surface area contributed by atoms with Gasteiger partial charge in [-0.1, -0.05) is 18.2 Å². The highest BCUT2D eigenvalue weighted by atomic mass is 16.6. The number of carbonyl (C=O) groups excluding carboxylic acids is 1. The van der Waals surface area contributed by atoms with Crippen molar-refractivity contribution in [1.82, 2.24) is 4.90 Å². The number of hydrogen-bond acceptors (Lipinski definition) is 4. The number of nitro groups is 1. The molecule has 0 unspecified atom stereocenters. The number of amides is 1. The number of nitrogens with zero attached hydrogens (tertiary/aromatic N) is 2. The van der Waals surface area contributed by atoms with Crippen LogP contribution in [0.3, 0.4) is 0 Å². The highest BCUT2D eigenvalue weighted by Gasteiger charge is 2.17. The third-order valence-electron chi connectivity index (χ3n) is 3.10. The summed E-state index contributed by atoms with van der Waals surface area (Å²) in [4.78, 5) is 24.2. The zero-order valence-electron chi connectivity index (χ0n) is 11.5. The third-order valence-corrected chi connectivity index (χ3v) is 3.10. The number of hydrogen-bond donors (Lipinski definition) is 1. The zero-order valence-corrected chi connectivity index (χ0v) is 11.5. The van der Waals surface area contributed by atoms with Crippen molar-refractivity contribution in [3.63, 3.8) is 0 Å². The van der Waals surface area contributed by atoms with Gasteiger partial charge in [0.2, 0.25) is 0 Å². The lowest BCUT2D eigenvalue weighted by Gasteiger charge is -2.17. The molecule has 6 heteroatoms. The molecule has 0 aromatic heterocycles. The number of carbonyl (C=O) groups is 1. The molecule has 21 heavy (non-hydrogen) atoms. The Morgan fingerprint density at radius 2 is 1.81 bits per heavy atom. The molecule has 0 spiro atoms. The van der Waals surface area contributed by atoms with Gasteiger partial charge in [-0.05, 0) is 24.3 Å². The van der Waals surface area contributed by atoms with Gasteiger partial charge in [0, 0.05) is 29.9 Å². The Balaban J connectivity index is 2.18. The Hall–Kier alpha value is -2.89. The van der Waals surface area contributed by atoms with Crippen molar-refractivity contribution in [2.75, 3.05) is 12.8 Å². The van der Waals surface area contributed by atoms with Crippen molar-refractivity contribution in [2.45, 2.75) is 6.54 Å². The Morgan fingerprint density at radius 1 is 1.19 bits per heavy atom. The van der Waals surface area contributed by atoms with Gasteiger partial charge < -0.3 is 10.6 Å². The topological polar surface area (TPSA) is 89.5 Å². The summed E-state index contributed by atoms with van der Waals surface area (Å²) in [6, 6.07) is 12.9. The van der Waals surface area contributed by atoms with Crippen molar-refractivity contribution in [3.05, 3.63) is 69.8 Å². The zero-order chi connectivity index (χ0) is 15.4. The number of nitro benzene ring substituents is 1. The normalized spacial score (nSPS) is 10.1. The lowest BCUT2D eigenvalue weighted by atomic mass is 10.1. The van der Waals surface area contributed by atoms with Crippen LogP contribution in [0.5, 0.6) is 0 Å². The summed E-state index contributed by atoms with van der Waals surface area (Å²) >= 11 is 0. The van der Waals surface area contributed by atoms with Gasteiger partial charge in [0.15, 0.2) is 0 Å². The maximum Gasteiger partial charge on any atom is 0.274 e. The van der Waals surface area contributed by atoms with E-state index >= 15 is 0 Å². The van der Waals surface area contributed by atoms with Crippen LogP contribution in [0, 0.1) is 10.1 Å². The largest absolute Gasteiger partial charge is 0.399 e. The number of rotatable bonds is 4. The molecule has 2 aromatic carbocycles. The molecule has 1 amide bonds. The van der Waals surface area contributed by atoms with Crippen molar-refractivity contribution >= 4 is 17.3 Å². The van der Waals surface area contributed by atoms with Gasteiger partial charge in [-0.25, -0.2) is 0 Å². The van der Waals surface area contributed by atoms with E-state index in [4.69, 9.17) is 5.73 Å². The molecule has 6 nitrogen and oxygen atoms in total. The molecule has 0 heterocycles. The van der Waals surface area contributed by atoms with Gasteiger partial charge in [-0.2, -0.15) is 0 Å². The molecule has 0 aliphatic heterocycles. The fourth-order valence-corrected chi connectivity index (χ4v) is 2.00. The molecule has 2 rings (SSSR count). The predicted octanol–water partition coefficient (Wildman–Crippen LogP) is 2.45. The van der Waals surface area contributed by atoms with E-state index in [1.165, 1.54) is 11.0 Å². The predicted molar refractivity (Wildman–Crippen MR) is 79.7 cm³/mol. The van der Waals surface area contributed by atoms with Crippen LogP contribution in [0.2, 0.25) is 0 Å². The minimum Gasteiger partial charge on any atom is -0.399 e. The monoisotopic (exact) mass is 285 g/mol. The molecule has 0 bridgehead atoms. The standard InChI is InChI=1S/C15H15N3O3/c1-17(15(19)11-6-8-13(16)9-7-11)10-12-4-2-3-5-14(12)18(20)21/h2-9H,10,16H2,1H3. The molecule has 0 saturated carbocycles. The molecule has 0 aliphatic carbocycles. The van der Waals surface area contributed by atoms with Gasteiger partial charge in [-0.3, -0.25) is 14.9 Å². The molecule has 0 radical (unpaired) electrons. The van der Waals surface area contributed by atoms with Crippen LogP contribution >= 0.6 is 0 Å². The number of nitrogens with two attached hydrogens (primary N) is 1. The molecular weight excluding hydrogens is 270 g/mol. The van der Waals surface area contributed by atoms with Crippen LogP contribution in [-0.4, -0.2) is 22.8 Å². The van der Waals surface area contributed by atoms with Crippen LogP contribution in [0.15, 0.2) is 48.5 Å². The summed E-state index contributed by atoms with van der Waals surface area (Å²) in [5, 5.41) is 11.0. The minimum absolute atomic E-state index is 0.00876. The molecule has 0 aliphatic rings. The Kier molecular flexibility index (Phi) is 4.18. The molecule has 0 fully saturated rings. The lowest BCUT2D eigenvalue weighted by Crippen LogP contribution is -2.26. The number of benzene rings is 2. The molecule has 0 atom stereocenters. The van der Waals surface area contributed by atoms with E-state index in [1.54, 1.807) is 49.5 Å². The number of para-hydroxylation sites is 1. The molecule has 2 N–H and O–H groups in total. The molecular formula is C15H15N3O3. The fourth-order valence-electron chi connectivity index (χ4n) is 2.00. The van der Waals surface area contributed by atoms with Crippen molar-refractivity contribution in [2.24, 2.45) is 0 Å². The van der Waals surface area contributed by atoms with Gasteiger partial charge in [0.25, 0.3) is 11.6 Å². The first-order chi connectivity index (χ1) is 9.99. The van der Waals surface area contributed by atoms with Crippen LogP contribution in [-0.2, 0) is 6.54 Å².